The zero-order valence-corrected chi connectivity index (χ0v) is 18.4. The van der Waals surface area contributed by atoms with Crippen molar-refractivity contribution in [2.24, 2.45) is 0 Å². The summed E-state index contributed by atoms with van der Waals surface area (Å²) in [6.07, 6.45) is 0.378. The van der Waals surface area contributed by atoms with Gasteiger partial charge in [-0.25, -0.2) is 0 Å². The lowest BCUT2D eigenvalue weighted by Gasteiger charge is -2.13. The number of amides is 1. The van der Waals surface area contributed by atoms with E-state index >= 15 is 0 Å². The fourth-order valence-corrected chi connectivity index (χ4v) is 3.55. The highest BCUT2D eigenvalue weighted by Gasteiger charge is 2.43. The Morgan fingerprint density at radius 1 is 1.14 bits per heavy atom. The number of carbonyl (C=O) groups is 2. The molecule has 0 saturated heterocycles. The molecule has 188 valence electrons. The topological polar surface area (TPSA) is 152 Å². The maximum Gasteiger partial charge on any atom is 0.422 e. The van der Waals surface area contributed by atoms with Gasteiger partial charge in [-0.2, -0.15) is 18.2 Å². The lowest BCUT2D eigenvalue weighted by Crippen LogP contribution is -2.31. The van der Waals surface area contributed by atoms with Crippen LogP contribution >= 0.6 is 0 Å². The number of aliphatic carboxylic acids is 1. The lowest BCUT2D eigenvalue weighted by molar-refractivity contribution is -0.138. The van der Waals surface area contributed by atoms with Crippen molar-refractivity contribution in [1.29, 1.82) is 0 Å². The minimum Gasteiger partial charge on any atom is -0.481 e. The molecule has 2 atom stereocenters. The smallest absolute Gasteiger partial charge is 0.422 e. The number of carboxylic acids is 1. The maximum atomic E-state index is 13.9. The number of nitrogens with one attached hydrogen (secondary N) is 1. The number of allylic oxidation sites excluding steroid dienone is 4. The second-order valence-corrected chi connectivity index (χ2v) is 7.81. The summed E-state index contributed by atoms with van der Waals surface area (Å²) < 4.78 is 51.7. The number of hydrogen-bond acceptors (Lipinski definition) is 8. The Labute approximate surface area is 201 Å². The van der Waals surface area contributed by atoms with Gasteiger partial charge in [-0.1, -0.05) is 58.9 Å². The van der Waals surface area contributed by atoms with Crippen LogP contribution in [0.25, 0.3) is 23.0 Å². The minimum absolute atomic E-state index is 0.0523. The van der Waals surface area contributed by atoms with Gasteiger partial charge in [-0.05, 0) is 12.0 Å². The summed E-state index contributed by atoms with van der Waals surface area (Å²) in [5.41, 5.74) is -0.835. The molecule has 0 spiro atoms. The molecule has 0 bridgehead atoms. The monoisotopic (exact) mass is 504 g/mol. The van der Waals surface area contributed by atoms with Gasteiger partial charge in [0.2, 0.25) is 11.6 Å². The van der Waals surface area contributed by atoms with Crippen LogP contribution in [0.4, 0.5) is 13.2 Å². The fraction of sp³-hybridized carbons (Fsp3) is 0.261. The normalized spacial score (nSPS) is 16.2. The molecule has 0 saturated carbocycles. The SMILES string of the molecule is O=C(O)CCNC(=O)[C@H](O)c1ccc(-c2noc(-c3onc(C4C=CC=CC4)c3C(F)(F)F)n2)cc1. The molecule has 1 aromatic carbocycles. The quantitative estimate of drug-likeness (QED) is 0.418. The average molecular weight is 504 g/mol. The predicted molar refractivity (Wildman–Crippen MR) is 116 cm³/mol. The molecule has 0 aliphatic heterocycles. The molecule has 2 heterocycles. The molecular formula is C23H19F3N4O6. The number of halogens is 3. The first-order valence-electron chi connectivity index (χ1n) is 10.7. The highest BCUT2D eigenvalue weighted by Crippen LogP contribution is 2.43. The van der Waals surface area contributed by atoms with E-state index in [1.165, 1.54) is 24.3 Å². The molecule has 1 aliphatic rings. The van der Waals surface area contributed by atoms with E-state index in [-0.39, 0.29) is 30.0 Å². The third kappa shape index (κ3) is 5.35. The van der Waals surface area contributed by atoms with Gasteiger partial charge in [0, 0.05) is 18.0 Å². The van der Waals surface area contributed by atoms with Crippen LogP contribution in [0.3, 0.4) is 0 Å². The molecule has 2 aromatic heterocycles. The van der Waals surface area contributed by atoms with Crippen LogP contribution in [0.1, 0.15) is 41.7 Å². The zero-order chi connectivity index (χ0) is 25.9. The number of aromatic nitrogens is 3. The second kappa shape index (κ2) is 10.2. The third-order valence-electron chi connectivity index (χ3n) is 5.33. The second-order valence-electron chi connectivity index (χ2n) is 7.81. The van der Waals surface area contributed by atoms with Crippen LogP contribution in [0.15, 0.2) is 57.6 Å². The van der Waals surface area contributed by atoms with Crippen molar-refractivity contribution in [3.63, 3.8) is 0 Å². The number of carbonyl (C=O) groups excluding carboxylic acids is 1. The van der Waals surface area contributed by atoms with E-state index in [1.54, 1.807) is 24.3 Å². The summed E-state index contributed by atoms with van der Waals surface area (Å²) in [5.74, 6) is -3.75. The summed E-state index contributed by atoms with van der Waals surface area (Å²) in [5, 5.41) is 28.4. The van der Waals surface area contributed by atoms with Crippen molar-refractivity contribution in [1.82, 2.24) is 20.6 Å². The van der Waals surface area contributed by atoms with Crippen molar-refractivity contribution < 1.29 is 42.0 Å². The van der Waals surface area contributed by atoms with Crippen molar-refractivity contribution in [2.45, 2.75) is 31.0 Å². The molecule has 1 amide bonds. The van der Waals surface area contributed by atoms with E-state index in [1.807, 2.05) is 0 Å². The Morgan fingerprint density at radius 3 is 2.53 bits per heavy atom. The average Bonchev–Trinajstić information content (AvgIpc) is 3.51. The van der Waals surface area contributed by atoms with Crippen LogP contribution in [0.2, 0.25) is 0 Å². The zero-order valence-electron chi connectivity index (χ0n) is 18.4. The molecular weight excluding hydrogens is 485 g/mol. The Balaban J connectivity index is 1.54. The van der Waals surface area contributed by atoms with Crippen LogP contribution in [0, 0.1) is 0 Å². The number of aliphatic hydroxyl groups is 1. The summed E-state index contributed by atoms with van der Waals surface area (Å²) in [6.45, 7) is -0.147. The number of alkyl halides is 3. The summed E-state index contributed by atoms with van der Waals surface area (Å²) in [4.78, 5) is 26.5. The van der Waals surface area contributed by atoms with E-state index < -0.39 is 47.3 Å². The summed E-state index contributed by atoms with van der Waals surface area (Å²) in [7, 11) is 0. The van der Waals surface area contributed by atoms with Crippen molar-refractivity contribution in [3.8, 4) is 23.0 Å². The molecule has 3 N–H and O–H groups in total. The van der Waals surface area contributed by atoms with E-state index in [4.69, 9.17) is 14.2 Å². The van der Waals surface area contributed by atoms with E-state index in [0.29, 0.717) is 12.0 Å². The summed E-state index contributed by atoms with van der Waals surface area (Å²) >= 11 is 0. The number of nitrogens with zero attached hydrogens (tertiary/aromatic N) is 3. The van der Waals surface area contributed by atoms with Gasteiger partial charge in [0.05, 0.1) is 6.42 Å². The first kappa shape index (κ1) is 24.9. The Kier molecular flexibility index (Phi) is 7.01. The van der Waals surface area contributed by atoms with Gasteiger partial charge in [0.1, 0.15) is 11.3 Å². The lowest BCUT2D eigenvalue weighted by atomic mass is 9.93. The Bertz CT molecular complexity index is 1310. The van der Waals surface area contributed by atoms with Crippen LogP contribution in [-0.4, -0.2) is 43.9 Å². The molecule has 0 radical (unpaired) electrons. The number of hydrogen-bond donors (Lipinski definition) is 3. The maximum absolute atomic E-state index is 13.9. The molecule has 0 fully saturated rings. The first-order chi connectivity index (χ1) is 17.1. The highest BCUT2D eigenvalue weighted by molar-refractivity contribution is 5.82. The van der Waals surface area contributed by atoms with Gasteiger partial charge in [-0.15, -0.1) is 0 Å². The minimum atomic E-state index is -4.78. The van der Waals surface area contributed by atoms with Gasteiger partial charge in [0.15, 0.2) is 6.10 Å². The van der Waals surface area contributed by atoms with E-state index in [9.17, 15) is 27.9 Å². The molecule has 4 rings (SSSR count). The van der Waals surface area contributed by atoms with Crippen molar-refractivity contribution in [2.75, 3.05) is 6.54 Å². The first-order valence-corrected chi connectivity index (χ1v) is 10.7. The standard InChI is InChI=1S/C23H19F3N4O6/c24-23(25,26)16-17(12-4-2-1-3-5-12)29-35-19(16)22-28-20(30-36-22)14-8-6-13(7-9-14)18(33)21(34)27-11-10-15(31)32/h1-4,6-9,12,18,33H,5,10-11H2,(H,27,34)(H,31,32)/t12?,18-/m1/s1. The van der Waals surface area contributed by atoms with Crippen molar-refractivity contribution >= 4 is 11.9 Å². The molecule has 3 aromatic rings. The van der Waals surface area contributed by atoms with Gasteiger partial charge >= 0.3 is 12.1 Å². The largest absolute Gasteiger partial charge is 0.481 e. The number of benzene rings is 1. The third-order valence-corrected chi connectivity index (χ3v) is 5.33. The molecule has 10 nitrogen and oxygen atoms in total. The van der Waals surface area contributed by atoms with Crippen LogP contribution in [0.5, 0.6) is 0 Å². The molecule has 1 unspecified atom stereocenters. The van der Waals surface area contributed by atoms with Crippen LogP contribution < -0.4 is 5.32 Å². The molecule has 13 heteroatoms. The Hall–Kier alpha value is -4.26. The number of aliphatic hydroxyl groups excluding tert-OH is 1. The van der Waals surface area contributed by atoms with E-state index in [2.05, 4.69) is 20.6 Å². The van der Waals surface area contributed by atoms with Crippen molar-refractivity contribution in [3.05, 3.63) is 65.4 Å². The van der Waals surface area contributed by atoms with E-state index in [0.717, 1.165) is 0 Å². The van der Waals surface area contributed by atoms with Gasteiger partial charge in [0.25, 0.3) is 11.8 Å². The molecule has 1 aliphatic carbocycles. The van der Waals surface area contributed by atoms with Crippen LogP contribution in [-0.2, 0) is 15.8 Å². The summed E-state index contributed by atoms with van der Waals surface area (Å²) in [6, 6.07) is 5.66. The number of carboxylic acid groups (broad SMARTS) is 1. The fourth-order valence-electron chi connectivity index (χ4n) is 3.55. The number of rotatable bonds is 8. The highest BCUT2D eigenvalue weighted by atomic mass is 19.4. The van der Waals surface area contributed by atoms with Gasteiger partial charge in [-0.3, -0.25) is 9.59 Å². The van der Waals surface area contributed by atoms with Gasteiger partial charge < -0.3 is 24.6 Å². The predicted octanol–water partition coefficient (Wildman–Crippen LogP) is 3.63. The Morgan fingerprint density at radius 2 is 1.89 bits per heavy atom. The molecule has 36 heavy (non-hydrogen) atoms.